The number of amides is 2. The fourth-order valence-corrected chi connectivity index (χ4v) is 4.75. The number of aryl methyl sites for hydroxylation is 1. The lowest BCUT2D eigenvalue weighted by Gasteiger charge is -2.37. The largest absolute Gasteiger partial charge is 0.340 e. The number of anilines is 1. The predicted octanol–water partition coefficient (Wildman–Crippen LogP) is 1.96. The third kappa shape index (κ3) is 5.98. The molecule has 9 heteroatoms. The zero-order chi connectivity index (χ0) is 24.2. The molecule has 1 aliphatic rings. The molecule has 2 amide bonds. The summed E-state index contributed by atoms with van der Waals surface area (Å²) in [5.74, 6) is -0.117. The van der Waals surface area contributed by atoms with Gasteiger partial charge in [-0.15, -0.1) is 0 Å². The van der Waals surface area contributed by atoms with Gasteiger partial charge < -0.3 is 10.2 Å². The molecule has 1 atom stereocenters. The van der Waals surface area contributed by atoms with Crippen molar-refractivity contribution in [3.05, 3.63) is 59.7 Å². The van der Waals surface area contributed by atoms with Crippen molar-refractivity contribution in [2.24, 2.45) is 0 Å². The summed E-state index contributed by atoms with van der Waals surface area (Å²) in [6, 6.07) is 13.7. The molecule has 1 aliphatic heterocycles. The van der Waals surface area contributed by atoms with Crippen LogP contribution in [0.4, 0.5) is 5.69 Å². The van der Waals surface area contributed by atoms with Crippen molar-refractivity contribution in [2.45, 2.75) is 31.2 Å². The number of benzene rings is 2. The highest BCUT2D eigenvalue weighted by molar-refractivity contribution is 7.89. The number of nitrogens with one attached hydrogen (secondary N) is 1. The minimum absolute atomic E-state index is 0.0972. The van der Waals surface area contributed by atoms with Crippen molar-refractivity contribution in [2.75, 3.05) is 45.6 Å². The van der Waals surface area contributed by atoms with Crippen LogP contribution in [0.25, 0.3) is 0 Å². The van der Waals surface area contributed by atoms with Crippen molar-refractivity contribution in [3.63, 3.8) is 0 Å². The maximum atomic E-state index is 12.8. The molecule has 0 spiro atoms. The quantitative estimate of drug-likeness (QED) is 0.665. The van der Waals surface area contributed by atoms with Crippen LogP contribution in [0.3, 0.4) is 0 Å². The number of carbonyl (C=O) groups is 2. The Labute approximate surface area is 196 Å². The first kappa shape index (κ1) is 24.9. The highest BCUT2D eigenvalue weighted by Crippen LogP contribution is 2.19. The number of piperazine rings is 1. The van der Waals surface area contributed by atoms with Crippen LogP contribution in [0, 0.1) is 6.92 Å². The van der Waals surface area contributed by atoms with Gasteiger partial charge in [-0.2, -0.15) is 0 Å². The van der Waals surface area contributed by atoms with Crippen LogP contribution in [0.15, 0.2) is 53.4 Å². The molecule has 0 saturated carbocycles. The van der Waals surface area contributed by atoms with Gasteiger partial charge in [0.15, 0.2) is 0 Å². The number of hydrogen-bond acceptors (Lipinski definition) is 5. The second-order valence-corrected chi connectivity index (χ2v) is 10.7. The number of sulfonamides is 1. The zero-order valence-corrected chi connectivity index (χ0v) is 20.4. The van der Waals surface area contributed by atoms with Gasteiger partial charge >= 0.3 is 0 Å². The lowest BCUT2D eigenvalue weighted by atomic mass is 10.1. The normalized spacial score (nSPS) is 16.0. The van der Waals surface area contributed by atoms with E-state index in [0.29, 0.717) is 38.3 Å². The summed E-state index contributed by atoms with van der Waals surface area (Å²) < 4.78 is 25.8. The summed E-state index contributed by atoms with van der Waals surface area (Å²) in [6.45, 7) is 6.16. The highest BCUT2D eigenvalue weighted by Gasteiger charge is 2.28. The maximum absolute atomic E-state index is 12.8. The fraction of sp³-hybridized carbons (Fsp3) is 0.417. The molecule has 178 valence electrons. The Morgan fingerprint density at radius 2 is 1.70 bits per heavy atom. The third-order valence-corrected chi connectivity index (χ3v) is 7.89. The highest BCUT2D eigenvalue weighted by atomic mass is 32.2. The van der Waals surface area contributed by atoms with E-state index in [0.717, 1.165) is 15.4 Å². The Morgan fingerprint density at radius 1 is 1.03 bits per heavy atom. The molecule has 2 aromatic carbocycles. The van der Waals surface area contributed by atoms with Crippen LogP contribution in [-0.2, 0) is 26.0 Å². The second-order valence-electron chi connectivity index (χ2n) is 8.50. The van der Waals surface area contributed by atoms with Crippen molar-refractivity contribution >= 4 is 27.5 Å². The molecule has 2 aromatic rings. The Balaban J connectivity index is 1.55. The van der Waals surface area contributed by atoms with Gasteiger partial charge in [-0.3, -0.25) is 14.5 Å². The van der Waals surface area contributed by atoms with Gasteiger partial charge in [0, 0.05) is 46.0 Å². The van der Waals surface area contributed by atoms with Crippen molar-refractivity contribution in [3.8, 4) is 0 Å². The fourth-order valence-electron chi connectivity index (χ4n) is 3.80. The standard InChI is InChI=1S/C24H32N4O4S/c1-18-8-5-6-9-20(18)16-23(29)28-14-12-27(13-15-28)19(2)24(30)25-21-10-7-11-22(17-21)33(31,32)26(3)4/h5-11,17,19H,12-16H2,1-4H3,(H,25,30). The third-order valence-electron chi connectivity index (χ3n) is 6.08. The first-order chi connectivity index (χ1) is 15.6. The lowest BCUT2D eigenvalue weighted by molar-refractivity contribution is -0.133. The van der Waals surface area contributed by atoms with E-state index in [-0.39, 0.29) is 16.7 Å². The molecular formula is C24H32N4O4S. The molecule has 8 nitrogen and oxygen atoms in total. The van der Waals surface area contributed by atoms with Crippen molar-refractivity contribution in [1.29, 1.82) is 0 Å². The van der Waals surface area contributed by atoms with Crippen molar-refractivity contribution < 1.29 is 18.0 Å². The molecule has 1 unspecified atom stereocenters. The summed E-state index contributed by atoms with van der Waals surface area (Å²) in [5.41, 5.74) is 2.58. The molecular weight excluding hydrogens is 440 g/mol. The van der Waals surface area contributed by atoms with E-state index in [4.69, 9.17) is 0 Å². The van der Waals surface area contributed by atoms with E-state index < -0.39 is 16.1 Å². The number of rotatable bonds is 7. The Bertz CT molecular complexity index is 1110. The minimum atomic E-state index is -3.58. The molecule has 33 heavy (non-hydrogen) atoms. The summed E-state index contributed by atoms with van der Waals surface area (Å²) in [7, 11) is -0.649. The SMILES string of the molecule is Cc1ccccc1CC(=O)N1CCN(C(C)C(=O)Nc2cccc(S(=O)(=O)N(C)C)c2)CC1. The van der Waals surface area contributed by atoms with Crippen LogP contribution >= 0.6 is 0 Å². The summed E-state index contributed by atoms with van der Waals surface area (Å²) in [5, 5.41) is 2.82. The van der Waals surface area contributed by atoms with E-state index in [9.17, 15) is 18.0 Å². The van der Waals surface area contributed by atoms with E-state index in [1.165, 1.54) is 26.2 Å². The first-order valence-electron chi connectivity index (χ1n) is 11.0. The van der Waals surface area contributed by atoms with Crippen LogP contribution in [0.5, 0.6) is 0 Å². The molecule has 1 saturated heterocycles. The Kier molecular flexibility index (Phi) is 7.88. The van der Waals surface area contributed by atoms with Crippen LogP contribution in [-0.4, -0.2) is 80.7 Å². The molecule has 0 bridgehead atoms. The Hall–Kier alpha value is -2.75. The average Bonchev–Trinajstić information content (AvgIpc) is 2.80. The molecule has 1 fully saturated rings. The number of hydrogen-bond donors (Lipinski definition) is 1. The minimum Gasteiger partial charge on any atom is -0.340 e. The van der Waals surface area contributed by atoms with Crippen molar-refractivity contribution in [1.82, 2.24) is 14.1 Å². The van der Waals surface area contributed by atoms with Gasteiger partial charge in [-0.1, -0.05) is 30.3 Å². The van der Waals surface area contributed by atoms with E-state index in [2.05, 4.69) is 5.32 Å². The van der Waals surface area contributed by atoms with Gasteiger partial charge in [0.2, 0.25) is 21.8 Å². The molecule has 3 rings (SSSR count). The van der Waals surface area contributed by atoms with E-state index >= 15 is 0 Å². The Morgan fingerprint density at radius 3 is 2.33 bits per heavy atom. The lowest BCUT2D eigenvalue weighted by Crippen LogP contribution is -2.54. The number of carbonyl (C=O) groups excluding carboxylic acids is 2. The molecule has 0 aliphatic carbocycles. The molecule has 0 aromatic heterocycles. The van der Waals surface area contributed by atoms with Crippen LogP contribution < -0.4 is 5.32 Å². The number of nitrogens with zero attached hydrogens (tertiary/aromatic N) is 3. The summed E-state index contributed by atoms with van der Waals surface area (Å²) in [6.07, 6.45) is 0.384. The van der Waals surface area contributed by atoms with E-state index in [1.54, 1.807) is 12.1 Å². The predicted molar refractivity (Wildman–Crippen MR) is 128 cm³/mol. The summed E-state index contributed by atoms with van der Waals surface area (Å²) >= 11 is 0. The summed E-state index contributed by atoms with van der Waals surface area (Å²) in [4.78, 5) is 29.5. The van der Waals surface area contributed by atoms with Gasteiger partial charge in [-0.25, -0.2) is 12.7 Å². The van der Waals surface area contributed by atoms with Gasteiger partial charge in [0.05, 0.1) is 17.4 Å². The van der Waals surface area contributed by atoms with Crippen LogP contribution in [0.2, 0.25) is 0 Å². The van der Waals surface area contributed by atoms with Gasteiger partial charge in [0.1, 0.15) is 0 Å². The van der Waals surface area contributed by atoms with Gasteiger partial charge in [-0.05, 0) is 43.2 Å². The zero-order valence-electron chi connectivity index (χ0n) is 19.6. The first-order valence-corrected chi connectivity index (χ1v) is 12.4. The molecule has 0 radical (unpaired) electrons. The molecule has 1 N–H and O–H groups in total. The topological polar surface area (TPSA) is 90.0 Å². The maximum Gasteiger partial charge on any atom is 0.242 e. The van der Waals surface area contributed by atoms with E-state index in [1.807, 2.05) is 47.9 Å². The van der Waals surface area contributed by atoms with Gasteiger partial charge in [0.25, 0.3) is 0 Å². The van der Waals surface area contributed by atoms with Crippen LogP contribution in [0.1, 0.15) is 18.1 Å². The average molecular weight is 473 g/mol. The monoisotopic (exact) mass is 472 g/mol. The second kappa shape index (κ2) is 10.5. The smallest absolute Gasteiger partial charge is 0.242 e. The molecule has 1 heterocycles.